The highest BCUT2D eigenvalue weighted by Crippen LogP contribution is 2.32. The van der Waals surface area contributed by atoms with E-state index in [1.807, 2.05) is 0 Å². The molecule has 1 aliphatic rings. The summed E-state index contributed by atoms with van der Waals surface area (Å²) in [5.74, 6) is 1.01. The minimum absolute atomic E-state index is 0.0868. The van der Waals surface area contributed by atoms with Gasteiger partial charge in [-0.3, -0.25) is 0 Å². The predicted octanol–water partition coefficient (Wildman–Crippen LogP) is 3.20. The third kappa shape index (κ3) is 3.76. The Morgan fingerprint density at radius 3 is 2.68 bits per heavy atom. The fourth-order valence-electron chi connectivity index (χ4n) is 2.77. The summed E-state index contributed by atoms with van der Waals surface area (Å²) in [4.78, 5) is 0. The molecule has 1 aromatic rings. The average molecular weight is 304 g/mol. The molecule has 2 rings (SSSR count). The van der Waals surface area contributed by atoms with Gasteiger partial charge in [0.25, 0.3) is 0 Å². The highest BCUT2D eigenvalue weighted by Gasteiger charge is 2.26. The third-order valence-corrected chi connectivity index (χ3v) is 4.39. The van der Waals surface area contributed by atoms with Gasteiger partial charge in [-0.05, 0) is 43.4 Å². The van der Waals surface area contributed by atoms with Gasteiger partial charge in [-0.15, -0.1) is 0 Å². The summed E-state index contributed by atoms with van der Waals surface area (Å²) in [7, 11) is 0. The Kier molecular flexibility index (Phi) is 5.34. The fourth-order valence-corrected chi connectivity index (χ4v) is 3.30. The van der Waals surface area contributed by atoms with E-state index in [9.17, 15) is 10.2 Å². The third-order valence-electron chi connectivity index (χ3n) is 3.88. The van der Waals surface area contributed by atoms with Crippen LogP contribution in [-0.4, -0.2) is 23.4 Å². The molecule has 0 amide bonds. The van der Waals surface area contributed by atoms with E-state index in [0.717, 1.165) is 19.4 Å². The number of rotatable bonds is 5. The van der Waals surface area contributed by atoms with Crippen molar-refractivity contribution in [1.29, 1.82) is 0 Å². The van der Waals surface area contributed by atoms with Crippen molar-refractivity contribution >= 4 is 23.2 Å². The first kappa shape index (κ1) is 14.9. The molecule has 0 aromatic heterocycles. The lowest BCUT2D eigenvalue weighted by Crippen LogP contribution is -2.26. The largest absolute Gasteiger partial charge is 0.506 e. The van der Waals surface area contributed by atoms with Crippen LogP contribution in [0.25, 0.3) is 0 Å². The first-order valence-electron chi connectivity index (χ1n) is 6.60. The molecule has 1 fully saturated rings. The van der Waals surface area contributed by atoms with Crippen LogP contribution in [0.3, 0.4) is 0 Å². The quantitative estimate of drug-likeness (QED) is 0.783. The van der Waals surface area contributed by atoms with E-state index in [1.165, 1.54) is 12.5 Å². The standard InChI is InChI=1S/C14H19Cl2NO2/c15-12-4-11(14(19)13(16)5-12)7-17-6-9-2-1-3-10(9)8-18/h4-5,9-10,17-19H,1-3,6-8H2. The summed E-state index contributed by atoms with van der Waals surface area (Å²) in [6, 6.07) is 3.24. The molecule has 2 unspecified atom stereocenters. The first-order chi connectivity index (χ1) is 9.11. The Morgan fingerprint density at radius 1 is 1.21 bits per heavy atom. The maximum Gasteiger partial charge on any atom is 0.138 e. The van der Waals surface area contributed by atoms with Crippen LogP contribution in [0.5, 0.6) is 5.75 Å². The van der Waals surface area contributed by atoms with Gasteiger partial charge in [0.2, 0.25) is 0 Å². The van der Waals surface area contributed by atoms with Crippen LogP contribution in [0.4, 0.5) is 0 Å². The first-order valence-corrected chi connectivity index (χ1v) is 7.36. The number of aliphatic hydroxyl groups is 1. The van der Waals surface area contributed by atoms with E-state index in [-0.39, 0.29) is 17.4 Å². The summed E-state index contributed by atoms with van der Waals surface area (Å²) in [6.07, 6.45) is 3.45. The Balaban J connectivity index is 1.89. The zero-order chi connectivity index (χ0) is 13.8. The molecule has 0 aliphatic heterocycles. The van der Waals surface area contributed by atoms with Crippen molar-refractivity contribution in [3.63, 3.8) is 0 Å². The molecule has 0 radical (unpaired) electrons. The van der Waals surface area contributed by atoms with Gasteiger partial charge < -0.3 is 15.5 Å². The minimum Gasteiger partial charge on any atom is -0.506 e. The van der Waals surface area contributed by atoms with Gasteiger partial charge in [-0.1, -0.05) is 29.6 Å². The molecule has 0 saturated heterocycles. The van der Waals surface area contributed by atoms with Gasteiger partial charge >= 0.3 is 0 Å². The lowest BCUT2D eigenvalue weighted by Gasteiger charge is -2.18. The van der Waals surface area contributed by atoms with E-state index in [1.54, 1.807) is 6.07 Å². The molecule has 1 saturated carbocycles. The fraction of sp³-hybridized carbons (Fsp3) is 0.571. The maximum atomic E-state index is 9.84. The molecule has 3 N–H and O–H groups in total. The van der Waals surface area contributed by atoms with Gasteiger partial charge in [0.15, 0.2) is 0 Å². The van der Waals surface area contributed by atoms with Crippen molar-refractivity contribution in [3.05, 3.63) is 27.7 Å². The highest BCUT2D eigenvalue weighted by molar-refractivity contribution is 6.35. The van der Waals surface area contributed by atoms with Crippen molar-refractivity contribution < 1.29 is 10.2 Å². The van der Waals surface area contributed by atoms with E-state index >= 15 is 0 Å². The molecular formula is C14H19Cl2NO2. The van der Waals surface area contributed by atoms with Crippen LogP contribution in [0.2, 0.25) is 10.0 Å². The zero-order valence-electron chi connectivity index (χ0n) is 10.7. The predicted molar refractivity (Wildman–Crippen MR) is 77.8 cm³/mol. The highest BCUT2D eigenvalue weighted by atomic mass is 35.5. The van der Waals surface area contributed by atoms with E-state index in [4.69, 9.17) is 23.2 Å². The van der Waals surface area contributed by atoms with E-state index < -0.39 is 0 Å². The molecule has 0 heterocycles. The lowest BCUT2D eigenvalue weighted by atomic mass is 9.97. The van der Waals surface area contributed by atoms with Crippen LogP contribution in [0.15, 0.2) is 12.1 Å². The number of hydrogen-bond acceptors (Lipinski definition) is 3. The Bertz CT molecular complexity index is 440. The van der Waals surface area contributed by atoms with Crippen molar-refractivity contribution in [2.24, 2.45) is 11.8 Å². The molecule has 2 atom stereocenters. The number of benzene rings is 1. The molecular weight excluding hydrogens is 285 g/mol. The summed E-state index contributed by atoms with van der Waals surface area (Å²) in [5.41, 5.74) is 0.705. The SMILES string of the molecule is OCC1CCCC1CNCc1cc(Cl)cc(Cl)c1O. The smallest absolute Gasteiger partial charge is 0.138 e. The van der Waals surface area contributed by atoms with Crippen molar-refractivity contribution in [2.75, 3.05) is 13.2 Å². The van der Waals surface area contributed by atoms with Gasteiger partial charge in [0, 0.05) is 23.7 Å². The molecule has 3 nitrogen and oxygen atoms in total. The second kappa shape index (κ2) is 6.80. The van der Waals surface area contributed by atoms with E-state index in [2.05, 4.69) is 5.32 Å². The monoisotopic (exact) mass is 303 g/mol. The van der Waals surface area contributed by atoms with Crippen LogP contribution >= 0.6 is 23.2 Å². The molecule has 106 valence electrons. The molecule has 19 heavy (non-hydrogen) atoms. The van der Waals surface area contributed by atoms with E-state index in [0.29, 0.717) is 29.0 Å². The second-order valence-corrected chi connectivity index (χ2v) is 6.00. The Labute approximate surface area is 123 Å². The second-order valence-electron chi connectivity index (χ2n) is 5.16. The summed E-state index contributed by atoms with van der Waals surface area (Å²) < 4.78 is 0. The molecule has 0 bridgehead atoms. The summed E-state index contributed by atoms with van der Waals surface area (Å²) in [6.45, 7) is 1.64. The molecule has 5 heteroatoms. The van der Waals surface area contributed by atoms with Crippen molar-refractivity contribution in [3.8, 4) is 5.75 Å². The zero-order valence-corrected chi connectivity index (χ0v) is 12.2. The Hall–Kier alpha value is -0.480. The lowest BCUT2D eigenvalue weighted by molar-refractivity contribution is 0.192. The van der Waals surface area contributed by atoms with Crippen LogP contribution in [0, 0.1) is 11.8 Å². The minimum atomic E-state index is 0.0868. The number of phenols is 1. The van der Waals surface area contributed by atoms with Crippen LogP contribution in [-0.2, 0) is 6.54 Å². The number of phenolic OH excluding ortho intramolecular Hbond substituents is 1. The van der Waals surface area contributed by atoms with Crippen LogP contribution < -0.4 is 5.32 Å². The number of aromatic hydroxyl groups is 1. The van der Waals surface area contributed by atoms with Crippen molar-refractivity contribution in [1.82, 2.24) is 5.32 Å². The van der Waals surface area contributed by atoms with Gasteiger partial charge in [-0.2, -0.15) is 0 Å². The topological polar surface area (TPSA) is 52.5 Å². The average Bonchev–Trinajstić information content (AvgIpc) is 2.82. The summed E-state index contributed by atoms with van der Waals surface area (Å²) in [5, 5.41) is 23.2. The molecule has 1 aliphatic carbocycles. The number of nitrogens with one attached hydrogen (secondary N) is 1. The van der Waals surface area contributed by atoms with Gasteiger partial charge in [-0.25, -0.2) is 0 Å². The van der Waals surface area contributed by atoms with Gasteiger partial charge in [0.1, 0.15) is 5.75 Å². The van der Waals surface area contributed by atoms with Crippen molar-refractivity contribution in [2.45, 2.75) is 25.8 Å². The number of hydrogen-bond donors (Lipinski definition) is 3. The number of halogens is 2. The Morgan fingerprint density at radius 2 is 1.95 bits per heavy atom. The van der Waals surface area contributed by atoms with Crippen LogP contribution in [0.1, 0.15) is 24.8 Å². The van der Waals surface area contributed by atoms with Gasteiger partial charge in [0.05, 0.1) is 5.02 Å². The maximum absolute atomic E-state index is 9.84. The molecule has 1 aromatic carbocycles. The number of aliphatic hydroxyl groups excluding tert-OH is 1. The normalized spacial score (nSPS) is 22.9. The summed E-state index contributed by atoms with van der Waals surface area (Å²) >= 11 is 11.8. The molecule has 0 spiro atoms.